The van der Waals surface area contributed by atoms with Gasteiger partial charge in [0, 0.05) is 38.0 Å². The Hall–Kier alpha value is -2.70. The zero-order chi connectivity index (χ0) is 22.7. The van der Waals surface area contributed by atoms with Gasteiger partial charge in [-0.3, -0.25) is 24.1 Å². The number of imide groups is 1. The maximum Gasteiger partial charge on any atom is 0.261 e. The highest BCUT2D eigenvalue weighted by atomic mass is 16.2. The smallest absolute Gasteiger partial charge is 0.261 e. The number of piperidine rings is 1. The van der Waals surface area contributed by atoms with Crippen molar-refractivity contribution in [2.45, 2.75) is 59.4 Å². The summed E-state index contributed by atoms with van der Waals surface area (Å²) in [6.07, 6.45) is 2.06. The molecule has 0 bridgehead atoms. The summed E-state index contributed by atoms with van der Waals surface area (Å²) in [6.45, 7) is 9.43. The van der Waals surface area contributed by atoms with E-state index in [9.17, 15) is 19.2 Å². The second-order valence-corrected chi connectivity index (χ2v) is 9.11. The van der Waals surface area contributed by atoms with Crippen molar-refractivity contribution in [1.29, 1.82) is 0 Å². The summed E-state index contributed by atoms with van der Waals surface area (Å²) in [5.41, 5.74) is 1.82. The first kappa shape index (κ1) is 23.0. The molecule has 0 spiro atoms. The Bertz CT molecular complexity index is 872. The average molecular weight is 428 g/mol. The van der Waals surface area contributed by atoms with Crippen LogP contribution in [0.3, 0.4) is 0 Å². The van der Waals surface area contributed by atoms with E-state index in [2.05, 4.69) is 19.2 Å². The molecule has 1 saturated heterocycles. The highest BCUT2D eigenvalue weighted by Crippen LogP contribution is 2.24. The summed E-state index contributed by atoms with van der Waals surface area (Å²) < 4.78 is 0. The highest BCUT2D eigenvalue weighted by molar-refractivity contribution is 6.21. The molecular weight excluding hydrogens is 394 g/mol. The number of nitrogens with one attached hydrogen (secondary N) is 1. The van der Waals surface area contributed by atoms with Gasteiger partial charge in [0.1, 0.15) is 0 Å². The van der Waals surface area contributed by atoms with Crippen molar-refractivity contribution in [2.75, 3.05) is 19.6 Å². The van der Waals surface area contributed by atoms with Gasteiger partial charge in [0.25, 0.3) is 11.8 Å². The van der Waals surface area contributed by atoms with Crippen LogP contribution in [0.2, 0.25) is 0 Å². The van der Waals surface area contributed by atoms with Crippen molar-refractivity contribution >= 4 is 23.6 Å². The van der Waals surface area contributed by atoms with Gasteiger partial charge in [-0.1, -0.05) is 25.5 Å². The molecule has 0 aromatic heterocycles. The van der Waals surface area contributed by atoms with E-state index >= 15 is 0 Å². The molecule has 1 aromatic carbocycles. The summed E-state index contributed by atoms with van der Waals surface area (Å²) in [5.74, 6) is -0.131. The second-order valence-electron chi connectivity index (χ2n) is 9.11. The Morgan fingerprint density at radius 2 is 1.71 bits per heavy atom. The van der Waals surface area contributed by atoms with Crippen LogP contribution in [0.4, 0.5) is 0 Å². The summed E-state index contributed by atoms with van der Waals surface area (Å²) in [7, 11) is 0. The van der Waals surface area contributed by atoms with E-state index in [-0.39, 0.29) is 48.6 Å². The van der Waals surface area contributed by atoms with Crippen LogP contribution in [0, 0.1) is 18.8 Å². The summed E-state index contributed by atoms with van der Waals surface area (Å²) in [4.78, 5) is 53.0. The number of nitrogens with zero attached hydrogens (tertiary/aromatic N) is 2. The molecule has 1 fully saturated rings. The molecule has 1 aromatic rings. The molecule has 2 heterocycles. The normalized spacial score (nSPS) is 17.8. The summed E-state index contributed by atoms with van der Waals surface area (Å²) in [5, 5.41) is 3.07. The van der Waals surface area contributed by atoms with Gasteiger partial charge in [-0.05, 0) is 51.2 Å². The lowest BCUT2D eigenvalue weighted by Gasteiger charge is -2.32. The van der Waals surface area contributed by atoms with Gasteiger partial charge in [-0.15, -0.1) is 0 Å². The summed E-state index contributed by atoms with van der Waals surface area (Å²) in [6, 6.07) is 5.39. The fraction of sp³-hybridized carbons (Fsp3) is 0.583. The highest BCUT2D eigenvalue weighted by Gasteiger charge is 2.35. The van der Waals surface area contributed by atoms with Crippen LogP contribution in [0.25, 0.3) is 0 Å². The Kier molecular flexibility index (Phi) is 7.13. The molecule has 0 saturated carbocycles. The number of hydrogen-bond acceptors (Lipinski definition) is 4. The van der Waals surface area contributed by atoms with E-state index < -0.39 is 0 Å². The van der Waals surface area contributed by atoms with E-state index in [1.54, 1.807) is 17.0 Å². The molecule has 4 amide bonds. The standard InChI is InChI=1S/C24H33N3O4/c1-15(2)17(4)25-22(29)18-9-12-26(13-10-18)21(28)6-5-11-27-23(30)19-8-7-16(3)14-20(19)24(27)31/h7-8,14-15,17-18H,5-6,9-13H2,1-4H3,(H,25,29). The third-order valence-corrected chi connectivity index (χ3v) is 6.49. The van der Waals surface area contributed by atoms with Crippen molar-refractivity contribution in [3.63, 3.8) is 0 Å². The quantitative estimate of drug-likeness (QED) is 0.678. The van der Waals surface area contributed by atoms with E-state index in [0.717, 1.165) is 5.56 Å². The van der Waals surface area contributed by atoms with Gasteiger partial charge < -0.3 is 10.2 Å². The molecule has 168 valence electrons. The molecule has 2 aliphatic rings. The first-order valence-corrected chi connectivity index (χ1v) is 11.2. The Balaban J connectivity index is 1.43. The lowest BCUT2D eigenvalue weighted by atomic mass is 9.94. The third-order valence-electron chi connectivity index (χ3n) is 6.49. The van der Waals surface area contributed by atoms with Gasteiger partial charge >= 0.3 is 0 Å². The third kappa shape index (κ3) is 5.14. The van der Waals surface area contributed by atoms with Crippen molar-refractivity contribution in [1.82, 2.24) is 15.1 Å². The van der Waals surface area contributed by atoms with Crippen LogP contribution in [0.15, 0.2) is 18.2 Å². The maximum atomic E-state index is 12.6. The van der Waals surface area contributed by atoms with Crippen LogP contribution in [0.5, 0.6) is 0 Å². The molecule has 0 aliphatic carbocycles. The maximum absolute atomic E-state index is 12.6. The Morgan fingerprint density at radius 3 is 2.35 bits per heavy atom. The fourth-order valence-corrected chi connectivity index (χ4v) is 4.05. The second kappa shape index (κ2) is 9.62. The average Bonchev–Trinajstić information content (AvgIpc) is 2.97. The number of amides is 4. The van der Waals surface area contributed by atoms with Crippen LogP contribution in [-0.4, -0.2) is 59.1 Å². The fourth-order valence-electron chi connectivity index (χ4n) is 4.05. The molecule has 1 atom stereocenters. The molecule has 2 aliphatic heterocycles. The monoisotopic (exact) mass is 427 g/mol. The van der Waals surface area contributed by atoms with E-state index in [1.165, 1.54) is 4.90 Å². The van der Waals surface area contributed by atoms with Gasteiger partial charge in [-0.2, -0.15) is 0 Å². The number of hydrogen-bond donors (Lipinski definition) is 1. The molecule has 3 rings (SSSR count). The minimum absolute atomic E-state index is 0.0156. The van der Waals surface area contributed by atoms with Crippen molar-refractivity contribution in [3.05, 3.63) is 34.9 Å². The largest absolute Gasteiger partial charge is 0.353 e. The van der Waals surface area contributed by atoms with E-state index in [0.29, 0.717) is 49.4 Å². The topological polar surface area (TPSA) is 86.8 Å². The number of benzene rings is 1. The predicted octanol–water partition coefficient (Wildman–Crippen LogP) is 2.77. The molecule has 7 heteroatoms. The Labute approximate surface area is 184 Å². The van der Waals surface area contributed by atoms with Crippen molar-refractivity contribution in [2.24, 2.45) is 11.8 Å². The number of fused-ring (bicyclic) bond motifs is 1. The molecule has 0 radical (unpaired) electrons. The van der Waals surface area contributed by atoms with Crippen LogP contribution < -0.4 is 5.32 Å². The number of rotatable bonds is 7. The first-order valence-electron chi connectivity index (χ1n) is 11.2. The molecule has 1 N–H and O–H groups in total. The lowest BCUT2D eigenvalue weighted by Crippen LogP contribution is -2.45. The van der Waals surface area contributed by atoms with Crippen LogP contribution in [-0.2, 0) is 9.59 Å². The zero-order valence-corrected chi connectivity index (χ0v) is 18.9. The molecular formula is C24H33N3O4. The minimum Gasteiger partial charge on any atom is -0.353 e. The zero-order valence-electron chi connectivity index (χ0n) is 18.9. The van der Waals surface area contributed by atoms with E-state index in [4.69, 9.17) is 0 Å². The van der Waals surface area contributed by atoms with Gasteiger partial charge in [-0.25, -0.2) is 0 Å². The lowest BCUT2D eigenvalue weighted by molar-refractivity contribution is -0.136. The van der Waals surface area contributed by atoms with E-state index in [1.807, 2.05) is 19.9 Å². The van der Waals surface area contributed by atoms with Gasteiger partial charge in [0.2, 0.25) is 11.8 Å². The number of likely N-dealkylation sites (tertiary alicyclic amines) is 1. The Morgan fingerprint density at radius 1 is 1.06 bits per heavy atom. The summed E-state index contributed by atoms with van der Waals surface area (Å²) >= 11 is 0. The molecule has 7 nitrogen and oxygen atoms in total. The number of carbonyl (C=O) groups excluding carboxylic acids is 4. The van der Waals surface area contributed by atoms with Crippen LogP contribution >= 0.6 is 0 Å². The SMILES string of the molecule is Cc1ccc2c(c1)C(=O)N(CCCC(=O)N1CCC(C(=O)NC(C)C(C)C)CC1)C2=O. The van der Waals surface area contributed by atoms with Gasteiger partial charge in [0.05, 0.1) is 11.1 Å². The van der Waals surface area contributed by atoms with Crippen molar-refractivity contribution < 1.29 is 19.2 Å². The van der Waals surface area contributed by atoms with Gasteiger partial charge in [0.15, 0.2) is 0 Å². The molecule has 1 unspecified atom stereocenters. The number of carbonyl (C=O) groups is 4. The van der Waals surface area contributed by atoms with Crippen LogP contribution in [0.1, 0.15) is 72.7 Å². The number of aryl methyl sites for hydroxylation is 1. The van der Waals surface area contributed by atoms with Crippen molar-refractivity contribution in [3.8, 4) is 0 Å². The predicted molar refractivity (Wildman–Crippen MR) is 118 cm³/mol. The molecule has 31 heavy (non-hydrogen) atoms. The first-order chi connectivity index (χ1) is 14.7. The minimum atomic E-state index is -0.282.